The van der Waals surface area contributed by atoms with E-state index in [0.29, 0.717) is 43.2 Å². The molecule has 1 aliphatic rings. The lowest BCUT2D eigenvalue weighted by Gasteiger charge is -2.34. The molecule has 2 heterocycles. The lowest BCUT2D eigenvalue weighted by molar-refractivity contribution is -0.131. The van der Waals surface area contributed by atoms with E-state index < -0.39 is 5.97 Å². The molecule has 0 radical (unpaired) electrons. The molecule has 2 aromatic rings. The Morgan fingerprint density at radius 1 is 1.00 bits per heavy atom. The summed E-state index contributed by atoms with van der Waals surface area (Å²) in [7, 11) is 0. The molecule has 0 saturated carbocycles. The Labute approximate surface area is 150 Å². The first kappa shape index (κ1) is 17.5. The van der Waals surface area contributed by atoms with Gasteiger partial charge in [0.2, 0.25) is 0 Å². The summed E-state index contributed by atoms with van der Waals surface area (Å²) < 4.78 is 5.01. The second kappa shape index (κ2) is 7.73. The van der Waals surface area contributed by atoms with Crippen LogP contribution in [0.2, 0.25) is 0 Å². The first-order valence-corrected chi connectivity index (χ1v) is 8.17. The average Bonchev–Trinajstić information content (AvgIpc) is 2.67. The molecule has 8 nitrogen and oxygen atoms in total. The van der Waals surface area contributed by atoms with Gasteiger partial charge in [-0.25, -0.2) is 4.98 Å². The summed E-state index contributed by atoms with van der Waals surface area (Å²) in [6.45, 7) is 2.99. The predicted octanol–water partition coefficient (Wildman–Crippen LogP) is 1.00. The van der Waals surface area contributed by atoms with Crippen molar-refractivity contribution in [2.75, 3.05) is 26.2 Å². The quantitative estimate of drug-likeness (QED) is 0.603. The molecule has 0 bridgehead atoms. The molecule has 2 amide bonds. The summed E-state index contributed by atoms with van der Waals surface area (Å²) in [6.07, 6.45) is 4.42. The van der Waals surface area contributed by atoms with Crippen molar-refractivity contribution in [1.82, 2.24) is 19.8 Å². The fourth-order valence-corrected chi connectivity index (χ4v) is 2.73. The first-order valence-electron chi connectivity index (χ1n) is 8.17. The average molecular weight is 354 g/mol. The Morgan fingerprint density at radius 2 is 1.69 bits per heavy atom. The fraction of sp³-hybridized carbons (Fsp3) is 0.278. The van der Waals surface area contributed by atoms with Crippen molar-refractivity contribution in [3.8, 4) is 5.75 Å². The van der Waals surface area contributed by atoms with E-state index in [0.717, 1.165) is 0 Å². The second-order valence-corrected chi connectivity index (χ2v) is 5.80. The number of amides is 2. The number of nitrogens with zero attached hydrogens (tertiary/aromatic N) is 4. The number of piperazine rings is 1. The molecule has 0 atom stereocenters. The minimum atomic E-state index is -0.439. The van der Waals surface area contributed by atoms with E-state index in [-0.39, 0.29) is 11.8 Å². The molecular formula is C18H18N4O4. The topological polar surface area (TPSA) is 92.7 Å². The van der Waals surface area contributed by atoms with E-state index in [2.05, 4.69) is 9.97 Å². The molecule has 0 aliphatic carbocycles. The van der Waals surface area contributed by atoms with Crippen molar-refractivity contribution in [1.29, 1.82) is 0 Å². The van der Waals surface area contributed by atoms with E-state index in [4.69, 9.17) is 4.74 Å². The molecule has 1 aromatic carbocycles. The molecule has 0 unspecified atom stereocenters. The molecule has 26 heavy (non-hydrogen) atoms. The van der Waals surface area contributed by atoms with Crippen LogP contribution in [-0.4, -0.2) is 63.7 Å². The molecule has 3 rings (SSSR count). The summed E-state index contributed by atoms with van der Waals surface area (Å²) in [5, 5.41) is 0. The number of esters is 1. The second-order valence-electron chi connectivity index (χ2n) is 5.80. The molecule has 0 spiro atoms. The number of aromatic nitrogens is 2. The zero-order chi connectivity index (χ0) is 18.5. The van der Waals surface area contributed by atoms with Crippen LogP contribution in [0.25, 0.3) is 0 Å². The number of hydrogen-bond donors (Lipinski definition) is 0. The third-order valence-electron chi connectivity index (χ3n) is 3.98. The maximum atomic E-state index is 12.6. The van der Waals surface area contributed by atoms with E-state index in [9.17, 15) is 14.4 Å². The SMILES string of the molecule is CC(=O)Oc1cccc(C(=O)N2CCN(C(=O)c3cnccn3)CC2)c1. The Kier molecular flexibility index (Phi) is 5.21. The molecule has 134 valence electrons. The molecular weight excluding hydrogens is 336 g/mol. The van der Waals surface area contributed by atoms with Crippen LogP contribution in [-0.2, 0) is 4.79 Å². The summed E-state index contributed by atoms with van der Waals surface area (Å²) >= 11 is 0. The monoisotopic (exact) mass is 354 g/mol. The zero-order valence-electron chi connectivity index (χ0n) is 14.3. The van der Waals surface area contributed by atoms with E-state index in [1.54, 1.807) is 34.1 Å². The number of rotatable bonds is 3. The highest BCUT2D eigenvalue weighted by atomic mass is 16.5. The van der Waals surface area contributed by atoms with E-state index in [1.165, 1.54) is 25.5 Å². The highest BCUT2D eigenvalue weighted by Crippen LogP contribution is 2.16. The third-order valence-corrected chi connectivity index (χ3v) is 3.98. The number of hydrogen-bond acceptors (Lipinski definition) is 6. The molecule has 0 N–H and O–H groups in total. The van der Waals surface area contributed by atoms with Gasteiger partial charge in [-0.15, -0.1) is 0 Å². The fourth-order valence-electron chi connectivity index (χ4n) is 2.73. The van der Waals surface area contributed by atoms with Gasteiger partial charge in [0, 0.05) is 51.1 Å². The minimum Gasteiger partial charge on any atom is -0.427 e. The van der Waals surface area contributed by atoms with Gasteiger partial charge in [-0.05, 0) is 18.2 Å². The highest BCUT2D eigenvalue weighted by molar-refractivity contribution is 5.95. The van der Waals surface area contributed by atoms with Gasteiger partial charge in [0.05, 0.1) is 6.20 Å². The standard InChI is InChI=1S/C18H18N4O4/c1-13(23)26-15-4-2-3-14(11-15)17(24)21-7-9-22(10-8-21)18(25)16-12-19-5-6-20-16/h2-6,11-12H,7-10H2,1H3. The molecule has 1 saturated heterocycles. The van der Waals surface area contributed by atoms with E-state index >= 15 is 0 Å². The van der Waals surface area contributed by atoms with Gasteiger partial charge in [-0.1, -0.05) is 6.07 Å². The lowest BCUT2D eigenvalue weighted by Crippen LogP contribution is -2.50. The summed E-state index contributed by atoms with van der Waals surface area (Å²) in [5.41, 5.74) is 0.735. The smallest absolute Gasteiger partial charge is 0.308 e. The van der Waals surface area contributed by atoms with Crippen LogP contribution in [0.15, 0.2) is 42.9 Å². The van der Waals surface area contributed by atoms with Crippen molar-refractivity contribution >= 4 is 17.8 Å². The predicted molar refractivity (Wildman–Crippen MR) is 91.6 cm³/mol. The summed E-state index contributed by atoms with van der Waals surface area (Å²) in [5.74, 6) is -0.460. The molecule has 1 aliphatic heterocycles. The van der Waals surface area contributed by atoms with Gasteiger partial charge in [-0.2, -0.15) is 0 Å². The van der Waals surface area contributed by atoms with Crippen molar-refractivity contribution in [3.63, 3.8) is 0 Å². The van der Waals surface area contributed by atoms with Crippen LogP contribution in [0, 0.1) is 0 Å². The lowest BCUT2D eigenvalue weighted by atomic mass is 10.1. The molecule has 1 fully saturated rings. The molecule has 1 aromatic heterocycles. The van der Waals surface area contributed by atoms with Gasteiger partial charge in [0.25, 0.3) is 11.8 Å². The maximum Gasteiger partial charge on any atom is 0.308 e. The Balaban J connectivity index is 1.62. The van der Waals surface area contributed by atoms with E-state index in [1.807, 2.05) is 0 Å². The maximum absolute atomic E-state index is 12.6. The van der Waals surface area contributed by atoms with Gasteiger partial charge in [0.15, 0.2) is 0 Å². The van der Waals surface area contributed by atoms with Crippen molar-refractivity contribution < 1.29 is 19.1 Å². The largest absolute Gasteiger partial charge is 0.427 e. The number of ether oxygens (including phenoxy) is 1. The van der Waals surface area contributed by atoms with Crippen LogP contribution < -0.4 is 4.74 Å². The van der Waals surface area contributed by atoms with Gasteiger partial charge < -0.3 is 14.5 Å². The van der Waals surface area contributed by atoms with Gasteiger partial charge >= 0.3 is 5.97 Å². The Morgan fingerprint density at radius 3 is 2.31 bits per heavy atom. The summed E-state index contributed by atoms with van der Waals surface area (Å²) in [4.78, 5) is 47.3. The van der Waals surface area contributed by atoms with Crippen molar-refractivity contribution in [2.24, 2.45) is 0 Å². The number of carbonyl (C=O) groups excluding carboxylic acids is 3. The normalized spacial score (nSPS) is 14.0. The van der Waals surface area contributed by atoms with Crippen LogP contribution in [0.4, 0.5) is 0 Å². The van der Waals surface area contributed by atoms with Crippen LogP contribution in [0.3, 0.4) is 0 Å². The first-order chi connectivity index (χ1) is 12.5. The van der Waals surface area contributed by atoms with Gasteiger partial charge in [-0.3, -0.25) is 19.4 Å². The van der Waals surface area contributed by atoms with Crippen molar-refractivity contribution in [3.05, 3.63) is 54.1 Å². The summed E-state index contributed by atoms with van der Waals surface area (Å²) in [6, 6.07) is 6.50. The Hall–Kier alpha value is -3.29. The number of carbonyl (C=O) groups is 3. The van der Waals surface area contributed by atoms with Crippen LogP contribution >= 0.6 is 0 Å². The highest BCUT2D eigenvalue weighted by Gasteiger charge is 2.26. The van der Waals surface area contributed by atoms with Crippen LogP contribution in [0.1, 0.15) is 27.8 Å². The Bertz CT molecular complexity index is 817. The number of benzene rings is 1. The van der Waals surface area contributed by atoms with Crippen molar-refractivity contribution in [2.45, 2.75) is 6.92 Å². The van der Waals surface area contributed by atoms with Gasteiger partial charge in [0.1, 0.15) is 11.4 Å². The minimum absolute atomic E-state index is 0.161. The molecule has 8 heteroatoms. The van der Waals surface area contributed by atoms with Crippen LogP contribution in [0.5, 0.6) is 5.75 Å². The zero-order valence-corrected chi connectivity index (χ0v) is 14.3. The third kappa shape index (κ3) is 4.02.